The number of ether oxygens (including phenoxy) is 1. The van der Waals surface area contributed by atoms with Crippen molar-refractivity contribution in [2.75, 3.05) is 19.7 Å². The Morgan fingerprint density at radius 3 is 2.52 bits per heavy atom. The van der Waals surface area contributed by atoms with Crippen LogP contribution in [0.15, 0.2) is 54.6 Å². The summed E-state index contributed by atoms with van der Waals surface area (Å²) >= 11 is 0. The molecule has 0 amide bonds. The Balaban J connectivity index is 1.61. The zero-order chi connectivity index (χ0) is 14.9. The van der Waals surface area contributed by atoms with Gasteiger partial charge in [0.25, 0.3) is 0 Å². The van der Waals surface area contributed by atoms with Crippen molar-refractivity contribution in [3.05, 3.63) is 66.0 Å². The number of halogens is 1. The first kappa shape index (κ1) is 15.5. The van der Waals surface area contributed by atoms with Crippen molar-refractivity contribution in [3.63, 3.8) is 0 Å². The third-order valence-corrected chi connectivity index (χ3v) is 3.09. The van der Waals surface area contributed by atoms with Gasteiger partial charge in [-0.05, 0) is 36.7 Å². The van der Waals surface area contributed by atoms with Gasteiger partial charge in [0.1, 0.15) is 24.3 Å². The molecule has 3 nitrogen and oxygen atoms in total. The summed E-state index contributed by atoms with van der Waals surface area (Å²) < 4.78 is 18.8. The standard InChI is InChI=1S/C17H20FNO2/c18-17-9-5-4-6-14(17)10-11-19-12-15(20)13-21-16-7-2-1-3-8-16/h1-9,15,19-20H,10-13H2. The van der Waals surface area contributed by atoms with Gasteiger partial charge < -0.3 is 15.2 Å². The van der Waals surface area contributed by atoms with Gasteiger partial charge in [-0.2, -0.15) is 0 Å². The summed E-state index contributed by atoms with van der Waals surface area (Å²) in [5.74, 6) is 0.551. The predicted octanol–water partition coefficient (Wildman–Crippen LogP) is 2.40. The monoisotopic (exact) mass is 289 g/mol. The highest BCUT2D eigenvalue weighted by molar-refractivity contribution is 5.21. The van der Waals surface area contributed by atoms with Crippen LogP contribution in [0.5, 0.6) is 5.75 Å². The maximum Gasteiger partial charge on any atom is 0.126 e. The van der Waals surface area contributed by atoms with E-state index < -0.39 is 6.10 Å². The summed E-state index contributed by atoms with van der Waals surface area (Å²) in [7, 11) is 0. The summed E-state index contributed by atoms with van der Waals surface area (Å²) in [4.78, 5) is 0. The van der Waals surface area contributed by atoms with E-state index in [9.17, 15) is 9.50 Å². The first-order valence-corrected chi connectivity index (χ1v) is 7.06. The number of rotatable bonds is 8. The van der Waals surface area contributed by atoms with Crippen molar-refractivity contribution in [2.45, 2.75) is 12.5 Å². The Hall–Kier alpha value is -1.91. The molecule has 0 fully saturated rings. The van der Waals surface area contributed by atoms with Crippen molar-refractivity contribution in [1.29, 1.82) is 0 Å². The Morgan fingerprint density at radius 2 is 1.76 bits per heavy atom. The van der Waals surface area contributed by atoms with Gasteiger partial charge in [0.2, 0.25) is 0 Å². The molecule has 112 valence electrons. The molecule has 1 unspecified atom stereocenters. The molecule has 1 atom stereocenters. The van der Waals surface area contributed by atoms with Gasteiger partial charge >= 0.3 is 0 Å². The van der Waals surface area contributed by atoms with Crippen molar-refractivity contribution in [3.8, 4) is 5.75 Å². The van der Waals surface area contributed by atoms with Crippen LogP contribution in [-0.2, 0) is 6.42 Å². The van der Waals surface area contributed by atoms with E-state index in [1.165, 1.54) is 6.07 Å². The smallest absolute Gasteiger partial charge is 0.126 e. The summed E-state index contributed by atoms with van der Waals surface area (Å²) in [6, 6.07) is 16.1. The molecule has 0 aromatic heterocycles. The lowest BCUT2D eigenvalue weighted by molar-refractivity contribution is 0.106. The van der Waals surface area contributed by atoms with Crippen molar-refractivity contribution >= 4 is 0 Å². The average Bonchev–Trinajstić information content (AvgIpc) is 2.52. The third kappa shape index (κ3) is 5.53. The van der Waals surface area contributed by atoms with E-state index in [1.807, 2.05) is 36.4 Å². The first-order chi connectivity index (χ1) is 10.3. The van der Waals surface area contributed by atoms with Gasteiger partial charge in [0, 0.05) is 6.54 Å². The lowest BCUT2D eigenvalue weighted by Gasteiger charge is -2.13. The second-order valence-corrected chi connectivity index (χ2v) is 4.82. The van der Waals surface area contributed by atoms with Crippen LogP contribution in [0.2, 0.25) is 0 Å². The maximum absolute atomic E-state index is 13.4. The number of benzene rings is 2. The minimum atomic E-state index is -0.592. The Kier molecular flexibility index (Phi) is 6.19. The van der Waals surface area contributed by atoms with E-state index in [2.05, 4.69) is 5.32 Å². The van der Waals surface area contributed by atoms with Crippen LogP contribution in [-0.4, -0.2) is 30.9 Å². The molecular formula is C17H20FNO2. The number of hydrogen-bond donors (Lipinski definition) is 2. The van der Waals surface area contributed by atoms with Crippen LogP contribution >= 0.6 is 0 Å². The quantitative estimate of drug-likeness (QED) is 0.733. The van der Waals surface area contributed by atoms with Crippen LogP contribution in [0.4, 0.5) is 4.39 Å². The lowest BCUT2D eigenvalue weighted by Crippen LogP contribution is -2.32. The topological polar surface area (TPSA) is 41.5 Å². The minimum Gasteiger partial charge on any atom is -0.491 e. The van der Waals surface area contributed by atoms with Crippen LogP contribution in [0.1, 0.15) is 5.56 Å². The molecule has 2 N–H and O–H groups in total. The van der Waals surface area contributed by atoms with Crippen molar-refractivity contribution in [2.24, 2.45) is 0 Å². The molecule has 0 spiro atoms. The third-order valence-electron chi connectivity index (χ3n) is 3.09. The van der Waals surface area contributed by atoms with Gasteiger partial charge in [-0.1, -0.05) is 36.4 Å². The summed E-state index contributed by atoms with van der Waals surface area (Å²) in [5.41, 5.74) is 0.681. The van der Waals surface area contributed by atoms with Gasteiger partial charge in [-0.3, -0.25) is 0 Å². The molecule has 0 saturated heterocycles. The molecule has 21 heavy (non-hydrogen) atoms. The predicted molar refractivity (Wildman–Crippen MR) is 80.9 cm³/mol. The fraction of sp³-hybridized carbons (Fsp3) is 0.294. The van der Waals surface area contributed by atoms with E-state index in [0.717, 1.165) is 5.75 Å². The maximum atomic E-state index is 13.4. The Morgan fingerprint density at radius 1 is 1.05 bits per heavy atom. The molecule has 0 saturated carbocycles. The van der Waals surface area contributed by atoms with Crippen molar-refractivity contribution in [1.82, 2.24) is 5.32 Å². The normalized spacial score (nSPS) is 12.1. The largest absolute Gasteiger partial charge is 0.491 e. The SMILES string of the molecule is OC(CNCCc1ccccc1F)COc1ccccc1. The van der Waals surface area contributed by atoms with Crippen LogP contribution in [0.3, 0.4) is 0 Å². The molecule has 0 bridgehead atoms. The Bertz CT molecular complexity index is 533. The molecule has 0 radical (unpaired) electrons. The molecule has 4 heteroatoms. The highest BCUT2D eigenvalue weighted by Gasteiger charge is 2.05. The zero-order valence-corrected chi connectivity index (χ0v) is 11.8. The first-order valence-electron chi connectivity index (χ1n) is 7.06. The summed E-state index contributed by atoms with van der Waals surface area (Å²) in [6.45, 7) is 1.27. The molecule has 0 aliphatic rings. The zero-order valence-electron chi connectivity index (χ0n) is 11.8. The fourth-order valence-electron chi connectivity index (χ4n) is 1.96. The van der Waals surface area contributed by atoms with Gasteiger partial charge in [-0.15, -0.1) is 0 Å². The minimum absolute atomic E-state index is 0.188. The van der Waals surface area contributed by atoms with Gasteiger partial charge in [0.05, 0.1) is 0 Å². The number of para-hydroxylation sites is 1. The lowest BCUT2D eigenvalue weighted by atomic mass is 10.1. The highest BCUT2D eigenvalue weighted by Crippen LogP contribution is 2.08. The van der Waals surface area contributed by atoms with Gasteiger partial charge in [-0.25, -0.2) is 4.39 Å². The highest BCUT2D eigenvalue weighted by atomic mass is 19.1. The number of aliphatic hydroxyl groups excluding tert-OH is 1. The van der Waals surface area contributed by atoms with E-state index >= 15 is 0 Å². The van der Waals surface area contributed by atoms with E-state index in [4.69, 9.17) is 4.74 Å². The van der Waals surface area contributed by atoms with E-state index in [-0.39, 0.29) is 12.4 Å². The molecule has 2 rings (SSSR count). The molecule has 0 heterocycles. The molecule has 0 aliphatic carbocycles. The molecular weight excluding hydrogens is 269 g/mol. The molecule has 2 aromatic carbocycles. The van der Waals surface area contributed by atoms with Gasteiger partial charge in [0.15, 0.2) is 0 Å². The molecule has 2 aromatic rings. The second kappa shape index (κ2) is 8.39. The van der Waals surface area contributed by atoms with E-state index in [0.29, 0.717) is 25.1 Å². The average molecular weight is 289 g/mol. The number of aliphatic hydroxyl groups is 1. The van der Waals surface area contributed by atoms with Crippen LogP contribution in [0.25, 0.3) is 0 Å². The van der Waals surface area contributed by atoms with Crippen LogP contribution < -0.4 is 10.1 Å². The fourth-order valence-corrected chi connectivity index (χ4v) is 1.96. The van der Waals surface area contributed by atoms with Crippen LogP contribution in [0, 0.1) is 5.82 Å². The Labute approximate surface area is 124 Å². The second-order valence-electron chi connectivity index (χ2n) is 4.82. The van der Waals surface area contributed by atoms with E-state index in [1.54, 1.807) is 12.1 Å². The summed E-state index contributed by atoms with van der Waals surface area (Å²) in [5, 5.41) is 12.9. The molecule has 0 aliphatic heterocycles. The summed E-state index contributed by atoms with van der Waals surface area (Å²) in [6.07, 6.45) is 0.00434. The number of nitrogens with one attached hydrogen (secondary N) is 1. The van der Waals surface area contributed by atoms with Crippen molar-refractivity contribution < 1.29 is 14.2 Å². The number of hydrogen-bond acceptors (Lipinski definition) is 3.